The van der Waals surface area contributed by atoms with Crippen LogP contribution in [0.5, 0.6) is 0 Å². The summed E-state index contributed by atoms with van der Waals surface area (Å²) in [4.78, 5) is 14.3. The molecule has 0 fully saturated rings. The van der Waals surface area contributed by atoms with E-state index in [-0.39, 0.29) is 11.6 Å². The fourth-order valence-electron chi connectivity index (χ4n) is 1.25. The zero-order valence-electron chi connectivity index (χ0n) is 8.13. The second-order valence-electron chi connectivity index (χ2n) is 3.16. The minimum atomic E-state index is -0.478. The zero-order chi connectivity index (χ0) is 11.5. The van der Waals surface area contributed by atoms with Crippen LogP contribution in [0, 0.1) is 5.82 Å². The normalized spacial score (nSPS) is 10.1. The van der Waals surface area contributed by atoms with E-state index in [0.29, 0.717) is 10.2 Å². The Morgan fingerprint density at radius 3 is 2.81 bits per heavy atom. The molecular weight excluding hydrogens is 275 g/mol. The Hall–Kier alpha value is -1.62. The first-order valence-electron chi connectivity index (χ1n) is 4.56. The number of amides is 1. The minimum Gasteiger partial charge on any atom is -0.357 e. The molecule has 0 saturated heterocycles. The number of hydrogen-bond donors (Lipinski definition) is 2. The van der Waals surface area contributed by atoms with Crippen molar-refractivity contribution in [1.29, 1.82) is 0 Å². The first-order valence-corrected chi connectivity index (χ1v) is 5.36. The van der Waals surface area contributed by atoms with E-state index in [1.807, 2.05) is 0 Å². The van der Waals surface area contributed by atoms with Gasteiger partial charge in [-0.15, -0.1) is 0 Å². The van der Waals surface area contributed by atoms with Gasteiger partial charge in [0, 0.05) is 10.7 Å². The molecule has 3 nitrogen and oxygen atoms in total. The standard InChI is InChI=1S/C11H8BrFN2O/c12-7-3-4-9(8(13)6-7)15-11(16)10-2-1-5-14-10/h1-6,14H,(H,15,16). The van der Waals surface area contributed by atoms with Gasteiger partial charge in [0.1, 0.15) is 11.5 Å². The summed E-state index contributed by atoms with van der Waals surface area (Å²) >= 11 is 3.14. The van der Waals surface area contributed by atoms with Gasteiger partial charge in [0.25, 0.3) is 5.91 Å². The summed E-state index contributed by atoms with van der Waals surface area (Å²) in [6.45, 7) is 0. The molecular formula is C11H8BrFN2O. The van der Waals surface area contributed by atoms with Gasteiger partial charge in [-0.2, -0.15) is 0 Å². The van der Waals surface area contributed by atoms with Crippen LogP contribution in [0.25, 0.3) is 0 Å². The molecule has 1 aromatic carbocycles. The van der Waals surface area contributed by atoms with E-state index < -0.39 is 5.82 Å². The molecule has 0 unspecified atom stereocenters. The summed E-state index contributed by atoms with van der Waals surface area (Å²) in [6, 6.07) is 7.77. The molecule has 2 N–H and O–H groups in total. The number of aromatic amines is 1. The topological polar surface area (TPSA) is 44.9 Å². The number of carbonyl (C=O) groups excluding carboxylic acids is 1. The SMILES string of the molecule is O=C(Nc1ccc(Br)cc1F)c1ccc[nH]1. The lowest BCUT2D eigenvalue weighted by Gasteiger charge is -2.05. The second kappa shape index (κ2) is 4.49. The van der Waals surface area contributed by atoms with Gasteiger partial charge in [0.2, 0.25) is 0 Å². The molecule has 82 valence electrons. The lowest BCUT2D eigenvalue weighted by Crippen LogP contribution is -2.13. The fourth-order valence-corrected chi connectivity index (χ4v) is 1.59. The van der Waals surface area contributed by atoms with Gasteiger partial charge >= 0.3 is 0 Å². The van der Waals surface area contributed by atoms with Crippen molar-refractivity contribution in [3.8, 4) is 0 Å². The van der Waals surface area contributed by atoms with Crippen molar-refractivity contribution in [2.24, 2.45) is 0 Å². The number of halogens is 2. The first-order chi connectivity index (χ1) is 7.66. The molecule has 1 heterocycles. The molecule has 0 radical (unpaired) electrons. The predicted molar refractivity (Wildman–Crippen MR) is 62.8 cm³/mol. The van der Waals surface area contributed by atoms with E-state index in [9.17, 15) is 9.18 Å². The maximum Gasteiger partial charge on any atom is 0.272 e. The quantitative estimate of drug-likeness (QED) is 0.873. The molecule has 5 heteroatoms. The Bertz CT molecular complexity index is 511. The van der Waals surface area contributed by atoms with Crippen LogP contribution < -0.4 is 5.32 Å². The number of rotatable bonds is 2. The van der Waals surface area contributed by atoms with Crippen molar-refractivity contribution in [2.75, 3.05) is 5.32 Å². The summed E-state index contributed by atoms with van der Waals surface area (Å²) in [6.07, 6.45) is 1.63. The minimum absolute atomic E-state index is 0.155. The Morgan fingerprint density at radius 2 is 2.19 bits per heavy atom. The summed E-state index contributed by atoms with van der Waals surface area (Å²) < 4.78 is 14.0. The fraction of sp³-hybridized carbons (Fsp3) is 0. The van der Waals surface area contributed by atoms with Crippen molar-refractivity contribution < 1.29 is 9.18 Å². The molecule has 16 heavy (non-hydrogen) atoms. The average molecular weight is 283 g/mol. The van der Waals surface area contributed by atoms with Crippen molar-refractivity contribution in [3.05, 3.63) is 52.5 Å². The van der Waals surface area contributed by atoms with Crippen molar-refractivity contribution in [1.82, 2.24) is 4.98 Å². The van der Waals surface area contributed by atoms with Crippen LogP contribution in [0.3, 0.4) is 0 Å². The smallest absolute Gasteiger partial charge is 0.272 e. The number of anilines is 1. The molecule has 0 aliphatic heterocycles. The number of H-pyrrole nitrogens is 1. The molecule has 0 bridgehead atoms. The van der Waals surface area contributed by atoms with Crippen molar-refractivity contribution in [3.63, 3.8) is 0 Å². The molecule has 0 aliphatic carbocycles. The maximum absolute atomic E-state index is 13.4. The van der Waals surface area contributed by atoms with Gasteiger partial charge in [0.15, 0.2) is 0 Å². The van der Waals surface area contributed by atoms with Gasteiger partial charge < -0.3 is 10.3 Å². The lowest BCUT2D eigenvalue weighted by molar-refractivity contribution is 0.102. The van der Waals surface area contributed by atoms with Gasteiger partial charge in [-0.25, -0.2) is 4.39 Å². The van der Waals surface area contributed by atoms with Crippen molar-refractivity contribution in [2.45, 2.75) is 0 Å². The Balaban J connectivity index is 2.18. The van der Waals surface area contributed by atoms with Crippen LogP contribution >= 0.6 is 15.9 Å². The van der Waals surface area contributed by atoms with Gasteiger partial charge in [0.05, 0.1) is 5.69 Å². The Morgan fingerprint density at radius 1 is 1.38 bits per heavy atom. The van der Waals surface area contributed by atoms with E-state index in [1.54, 1.807) is 24.4 Å². The van der Waals surface area contributed by atoms with Crippen LogP contribution in [-0.2, 0) is 0 Å². The zero-order valence-corrected chi connectivity index (χ0v) is 9.71. The first kappa shape index (κ1) is 10.9. The molecule has 0 spiro atoms. The number of carbonyl (C=O) groups is 1. The summed E-state index contributed by atoms with van der Waals surface area (Å²) in [5.74, 6) is -0.847. The molecule has 0 aliphatic rings. The highest BCUT2D eigenvalue weighted by Gasteiger charge is 2.09. The Labute approximate surface area is 99.8 Å². The highest BCUT2D eigenvalue weighted by Crippen LogP contribution is 2.19. The van der Waals surface area contributed by atoms with Gasteiger partial charge in [-0.1, -0.05) is 15.9 Å². The molecule has 0 saturated carbocycles. The number of benzene rings is 1. The third-order valence-electron chi connectivity index (χ3n) is 2.02. The summed E-state index contributed by atoms with van der Waals surface area (Å²) in [7, 11) is 0. The maximum atomic E-state index is 13.4. The van der Waals surface area contributed by atoms with Crippen LogP contribution in [0.4, 0.5) is 10.1 Å². The summed E-state index contributed by atoms with van der Waals surface area (Å²) in [5, 5.41) is 2.47. The third-order valence-corrected chi connectivity index (χ3v) is 2.52. The van der Waals surface area contributed by atoms with Gasteiger partial charge in [-0.3, -0.25) is 4.79 Å². The molecule has 2 aromatic rings. The highest BCUT2D eigenvalue weighted by molar-refractivity contribution is 9.10. The molecule has 0 atom stereocenters. The monoisotopic (exact) mass is 282 g/mol. The average Bonchev–Trinajstić information content (AvgIpc) is 2.75. The second-order valence-corrected chi connectivity index (χ2v) is 4.08. The van der Waals surface area contributed by atoms with E-state index in [2.05, 4.69) is 26.2 Å². The number of hydrogen-bond acceptors (Lipinski definition) is 1. The van der Waals surface area contributed by atoms with E-state index in [1.165, 1.54) is 12.1 Å². The van der Waals surface area contributed by atoms with Gasteiger partial charge in [-0.05, 0) is 30.3 Å². The number of nitrogens with one attached hydrogen (secondary N) is 2. The molecule has 1 aromatic heterocycles. The van der Waals surface area contributed by atoms with Crippen molar-refractivity contribution >= 4 is 27.5 Å². The Kier molecular flexibility index (Phi) is 3.05. The van der Waals surface area contributed by atoms with Crippen LogP contribution in [-0.4, -0.2) is 10.9 Å². The van der Waals surface area contributed by atoms with Crippen LogP contribution in [0.15, 0.2) is 41.0 Å². The van der Waals surface area contributed by atoms with Crippen LogP contribution in [0.2, 0.25) is 0 Å². The third kappa shape index (κ3) is 2.30. The highest BCUT2D eigenvalue weighted by atomic mass is 79.9. The summed E-state index contributed by atoms with van der Waals surface area (Å²) in [5.41, 5.74) is 0.546. The largest absolute Gasteiger partial charge is 0.357 e. The van der Waals surface area contributed by atoms with E-state index in [4.69, 9.17) is 0 Å². The molecule has 1 amide bonds. The predicted octanol–water partition coefficient (Wildman–Crippen LogP) is 3.17. The van der Waals surface area contributed by atoms with Crippen LogP contribution in [0.1, 0.15) is 10.5 Å². The van der Waals surface area contributed by atoms with E-state index in [0.717, 1.165) is 0 Å². The number of aromatic nitrogens is 1. The van der Waals surface area contributed by atoms with E-state index >= 15 is 0 Å². The molecule has 2 rings (SSSR count). The lowest BCUT2D eigenvalue weighted by atomic mass is 10.3.